The molecular formula is C38H43N7O3. The Morgan fingerprint density at radius 2 is 1.56 bits per heavy atom. The van der Waals surface area contributed by atoms with Crippen molar-refractivity contribution in [2.45, 2.75) is 64.1 Å². The number of fused-ring (bicyclic) bond motifs is 1. The summed E-state index contributed by atoms with van der Waals surface area (Å²) in [7, 11) is 1.30. The van der Waals surface area contributed by atoms with E-state index in [0.29, 0.717) is 6.54 Å². The standard InChI is InChI=1S/C38H43N7O3/c1-23(2)33(44-37(47)48-4)35(46)45-18-5-7-32(45)34-39-21-30(42-34)25-10-8-24(9-11-25)26-12-13-28-20-29(15-14-27(28)19-26)31-22-40-36(43-31)38(3)16-6-17-41-38/h8-15,19-23,32-33,41H,5-7,16-18H2,1-4H3,(H,39,42)(H,40,43)(H,44,47)/t32?,33-,38?/m0/s1. The lowest BCUT2D eigenvalue weighted by Gasteiger charge is -2.30. The van der Waals surface area contributed by atoms with Crippen LogP contribution in [0.25, 0.3) is 44.4 Å². The van der Waals surface area contributed by atoms with Gasteiger partial charge in [-0.2, -0.15) is 0 Å². The number of aromatic nitrogens is 4. The molecule has 248 valence electrons. The summed E-state index contributed by atoms with van der Waals surface area (Å²) in [4.78, 5) is 43.7. The molecule has 2 aromatic heterocycles. The molecule has 0 radical (unpaired) electrons. The number of alkyl carbamates (subject to hydrolysis) is 1. The van der Waals surface area contributed by atoms with Crippen molar-refractivity contribution in [3.8, 4) is 33.6 Å². The molecule has 2 aliphatic heterocycles. The number of hydrogen-bond donors (Lipinski definition) is 4. The molecule has 2 saturated heterocycles. The number of likely N-dealkylation sites (tertiary alicyclic amines) is 1. The van der Waals surface area contributed by atoms with Crippen molar-refractivity contribution in [2.75, 3.05) is 20.2 Å². The second-order valence-corrected chi connectivity index (χ2v) is 13.6. The molecule has 0 aliphatic carbocycles. The van der Waals surface area contributed by atoms with Crippen molar-refractivity contribution < 1.29 is 14.3 Å². The van der Waals surface area contributed by atoms with Crippen LogP contribution in [0.3, 0.4) is 0 Å². The van der Waals surface area contributed by atoms with E-state index < -0.39 is 12.1 Å². The number of nitrogens with zero attached hydrogens (tertiary/aromatic N) is 3. The molecule has 48 heavy (non-hydrogen) atoms. The van der Waals surface area contributed by atoms with Crippen LogP contribution in [0.1, 0.15) is 64.1 Å². The zero-order valence-corrected chi connectivity index (χ0v) is 28.0. The number of aromatic amines is 2. The quantitative estimate of drug-likeness (QED) is 0.145. The summed E-state index contributed by atoms with van der Waals surface area (Å²) in [5.74, 6) is 1.56. The van der Waals surface area contributed by atoms with E-state index in [2.05, 4.69) is 93.2 Å². The maximum absolute atomic E-state index is 13.5. The summed E-state index contributed by atoms with van der Waals surface area (Å²) in [6.07, 6.45) is 7.10. The molecule has 10 heteroatoms. The Kier molecular flexibility index (Phi) is 8.51. The van der Waals surface area contributed by atoms with E-state index in [-0.39, 0.29) is 23.4 Å². The first-order valence-electron chi connectivity index (χ1n) is 16.9. The van der Waals surface area contributed by atoms with Crippen LogP contribution in [0, 0.1) is 5.92 Å². The molecule has 2 amide bonds. The first kappa shape index (κ1) is 31.6. The summed E-state index contributed by atoms with van der Waals surface area (Å²) in [6, 6.07) is 20.8. The molecule has 7 rings (SSSR count). The third-order valence-corrected chi connectivity index (χ3v) is 9.99. The van der Waals surface area contributed by atoms with E-state index in [1.165, 1.54) is 24.3 Å². The molecule has 3 aromatic carbocycles. The van der Waals surface area contributed by atoms with Crippen LogP contribution in [-0.2, 0) is 15.1 Å². The average molecular weight is 646 g/mol. The maximum atomic E-state index is 13.5. The largest absolute Gasteiger partial charge is 0.453 e. The Bertz CT molecular complexity index is 1940. The fourth-order valence-corrected chi connectivity index (χ4v) is 7.13. The van der Waals surface area contributed by atoms with Gasteiger partial charge in [-0.15, -0.1) is 0 Å². The van der Waals surface area contributed by atoms with Gasteiger partial charge in [0.2, 0.25) is 5.91 Å². The van der Waals surface area contributed by atoms with Crippen LogP contribution in [0.15, 0.2) is 73.1 Å². The van der Waals surface area contributed by atoms with Gasteiger partial charge in [0.1, 0.15) is 17.7 Å². The van der Waals surface area contributed by atoms with Gasteiger partial charge < -0.3 is 30.2 Å². The molecule has 10 nitrogen and oxygen atoms in total. The van der Waals surface area contributed by atoms with E-state index in [9.17, 15) is 9.59 Å². The van der Waals surface area contributed by atoms with Crippen LogP contribution in [0.5, 0.6) is 0 Å². The zero-order valence-electron chi connectivity index (χ0n) is 28.0. The lowest BCUT2D eigenvalue weighted by atomic mass is 9.98. The third-order valence-electron chi connectivity index (χ3n) is 9.99. The Morgan fingerprint density at radius 3 is 2.27 bits per heavy atom. The van der Waals surface area contributed by atoms with Gasteiger partial charge in [-0.1, -0.05) is 62.4 Å². The highest BCUT2D eigenvalue weighted by Crippen LogP contribution is 2.34. The smallest absolute Gasteiger partial charge is 0.407 e. The number of ether oxygens (including phenoxy) is 1. The molecule has 4 N–H and O–H groups in total. The molecule has 0 saturated carbocycles. The summed E-state index contributed by atoms with van der Waals surface area (Å²) in [5, 5.41) is 8.65. The van der Waals surface area contributed by atoms with Crippen LogP contribution in [0.4, 0.5) is 4.79 Å². The topological polar surface area (TPSA) is 128 Å². The van der Waals surface area contributed by atoms with Crippen molar-refractivity contribution in [1.82, 2.24) is 35.5 Å². The Hall–Kier alpha value is -4.96. The van der Waals surface area contributed by atoms with Crippen LogP contribution in [-0.4, -0.2) is 63.1 Å². The number of carbonyl (C=O) groups excluding carboxylic acids is 2. The van der Waals surface area contributed by atoms with Gasteiger partial charge in [-0.3, -0.25) is 4.79 Å². The third kappa shape index (κ3) is 6.08. The predicted molar refractivity (Wildman–Crippen MR) is 187 cm³/mol. The minimum absolute atomic E-state index is 0.0816. The number of carbonyl (C=O) groups is 2. The van der Waals surface area contributed by atoms with E-state index >= 15 is 0 Å². The van der Waals surface area contributed by atoms with Gasteiger partial charge in [0.05, 0.1) is 42.5 Å². The first-order chi connectivity index (χ1) is 23.2. The van der Waals surface area contributed by atoms with Crippen LogP contribution >= 0.6 is 0 Å². The van der Waals surface area contributed by atoms with E-state index in [1.807, 2.05) is 31.1 Å². The molecule has 4 heterocycles. The highest BCUT2D eigenvalue weighted by atomic mass is 16.5. The van der Waals surface area contributed by atoms with Crippen LogP contribution in [0.2, 0.25) is 0 Å². The molecule has 5 aromatic rings. The van der Waals surface area contributed by atoms with Crippen LogP contribution < -0.4 is 10.6 Å². The fraction of sp³-hybridized carbons (Fsp3) is 0.368. The number of benzene rings is 3. The number of amides is 2. The molecule has 3 atom stereocenters. The van der Waals surface area contributed by atoms with Gasteiger partial charge in [0.15, 0.2) is 0 Å². The number of H-pyrrole nitrogens is 2. The predicted octanol–water partition coefficient (Wildman–Crippen LogP) is 6.93. The minimum Gasteiger partial charge on any atom is -0.453 e. The number of methoxy groups -OCH3 is 1. The van der Waals surface area contributed by atoms with E-state index in [0.717, 1.165) is 71.1 Å². The highest BCUT2D eigenvalue weighted by molar-refractivity contribution is 5.90. The molecule has 2 unspecified atom stereocenters. The number of imidazole rings is 2. The molecule has 2 fully saturated rings. The number of rotatable bonds is 8. The number of nitrogens with one attached hydrogen (secondary N) is 4. The van der Waals surface area contributed by atoms with Gasteiger partial charge in [0, 0.05) is 12.1 Å². The van der Waals surface area contributed by atoms with Gasteiger partial charge in [-0.05, 0) is 84.7 Å². The summed E-state index contributed by atoms with van der Waals surface area (Å²) in [6.45, 7) is 7.69. The van der Waals surface area contributed by atoms with Gasteiger partial charge in [-0.25, -0.2) is 14.8 Å². The molecule has 0 spiro atoms. The second-order valence-electron chi connectivity index (χ2n) is 13.6. The lowest BCUT2D eigenvalue weighted by Crippen LogP contribution is -2.51. The maximum Gasteiger partial charge on any atom is 0.407 e. The Balaban J connectivity index is 1.05. The highest BCUT2D eigenvalue weighted by Gasteiger charge is 2.37. The first-order valence-corrected chi connectivity index (χ1v) is 16.9. The van der Waals surface area contributed by atoms with Crippen molar-refractivity contribution in [3.63, 3.8) is 0 Å². The van der Waals surface area contributed by atoms with E-state index in [4.69, 9.17) is 9.72 Å². The van der Waals surface area contributed by atoms with E-state index in [1.54, 1.807) is 0 Å². The fourth-order valence-electron chi connectivity index (χ4n) is 7.13. The van der Waals surface area contributed by atoms with Crippen molar-refractivity contribution in [3.05, 3.63) is 84.7 Å². The normalized spacial score (nSPS) is 20.0. The SMILES string of the molecule is COC(=O)N[C@H](C(=O)N1CCCC1c1ncc(-c2ccc(-c3ccc4cc(-c5cnc(C6(C)CCCN6)[nH]5)ccc4c3)cc2)[nH]1)C(C)C. The number of hydrogen-bond acceptors (Lipinski definition) is 6. The summed E-state index contributed by atoms with van der Waals surface area (Å²) in [5.41, 5.74) is 6.27. The molecular weight excluding hydrogens is 602 g/mol. The van der Waals surface area contributed by atoms with Gasteiger partial charge in [0.25, 0.3) is 0 Å². The average Bonchev–Trinajstić information content (AvgIpc) is 3.93. The molecule has 2 aliphatic rings. The van der Waals surface area contributed by atoms with Crippen molar-refractivity contribution in [1.29, 1.82) is 0 Å². The van der Waals surface area contributed by atoms with Gasteiger partial charge >= 0.3 is 6.09 Å². The minimum atomic E-state index is -0.663. The lowest BCUT2D eigenvalue weighted by molar-refractivity contribution is -0.135. The summed E-state index contributed by atoms with van der Waals surface area (Å²) >= 11 is 0. The zero-order chi connectivity index (χ0) is 33.4. The Morgan fingerprint density at radius 1 is 0.896 bits per heavy atom. The second kappa shape index (κ2) is 12.9. The monoisotopic (exact) mass is 645 g/mol. The molecule has 0 bridgehead atoms. The van der Waals surface area contributed by atoms with Crippen molar-refractivity contribution >= 4 is 22.8 Å². The van der Waals surface area contributed by atoms with Crippen molar-refractivity contribution in [2.24, 2.45) is 5.92 Å². The summed E-state index contributed by atoms with van der Waals surface area (Å²) < 4.78 is 4.76. The Labute approximate surface area is 280 Å².